The second-order valence-corrected chi connectivity index (χ2v) is 12.5. The Bertz CT molecular complexity index is 1420. The van der Waals surface area contributed by atoms with Gasteiger partial charge >= 0.3 is 17.9 Å². The molecule has 3 heterocycles. The van der Waals surface area contributed by atoms with Crippen LogP contribution in [-0.2, 0) is 33.5 Å². The standard InChI is InChI=1S/C25H30N6O8S3/c1-12-15(42-10-27-12)7-6-13-8-40-20(30-16(13)22(35)38-11-39-23(36)25(2,3)4)18(21(33)34)29-19(32)17(31-37-5)14-9-41-24(26)28-14/h6-7,9-10,18,20,30H,8,11H2,1-5H3,(H2,26,28)(H,29,32)(H,33,34)/b7-6-,31-17-. The van der Waals surface area contributed by atoms with Crippen LogP contribution in [-0.4, -0.2) is 75.7 Å². The third-order valence-electron chi connectivity index (χ3n) is 5.46. The normalized spacial score (nSPS) is 16.5. The number of aryl methyl sites for hydroxylation is 1. The van der Waals surface area contributed by atoms with E-state index in [-0.39, 0.29) is 28.0 Å². The van der Waals surface area contributed by atoms with E-state index in [9.17, 15) is 24.3 Å². The van der Waals surface area contributed by atoms with E-state index in [1.165, 1.54) is 23.8 Å². The van der Waals surface area contributed by atoms with E-state index < -0.39 is 47.4 Å². The average Bonchev–Trinajstić information content (AvgIpc) is 3.55. The Kier molecular flexibility index (Phi) is 11.1. The number of esters is 2. The summed E-state index contributed by atoms with van der Waals surface area (Å²) < 4.78 is 10.2. The molecule has 5 N–H and O–H groups in total. The van der Waals surface area contributed by atoms with Crippen molar-refractivity contribution in [1.82, 2.24) is 20.6 Å². The molecule has 2 aromatic heterocycles. The van der Waals surface area contributed by atoms with Crippen LogP contribution in [0.15, 0.2) is 33.4 Å². The van der Waals surface area contributed by atoms with Gasteiger partial charge < -0.3 is 35.8 Å². The van der Waals surface area contributed by atoms with Crippen molar-refractivity contribution < 1.29 is 38.6 Å². The van der Waals surface area contributed by atoms with E-state index >= 15 is 0 Å². The summed E-state index contributed by atoms with van der Waals surface area (Å²) in [6.07, 6.45) is 3.47. The van der Waals surface area contributed by atoms with Crippen molar-refractivity contribution in [3.8, 4) is 0 Å². The SMILES string of the molecule is CO/N=C(\C(=O)NC(C(=O)O)C1NC(C(=O)OCOC(=O)C(C)(C)C)=C(/C=C\c2scnc2C)CS1)c1csc(N)n1. The Labute approximate surface area is 253 Å². The zero-order valence-corrected chi connectivity index (χ0v) is 25.8. The topological polar surface area (TPSA) is 204 Å². The molecule has 2 aromatic rings. The van der Waals surface area contributed by atoms with Gasteiger partial charge in [-0.25, -0.2) is 19.6 Å². The van der Waals surface area contributed by atoms with Crippen molar-refractivity contribution in [2.75, 3.05) is 25.4 Å². The number of carboxylic acids is 1. The molecule has 2 unspecified atom stereocenters. The highest BCUT2D eigenvalue weighted by Gasteiger charge is 2.37. The summed E-state index contributed by atoms with van der Waals surface area (Å²) in [5.74, 6) is -3.53. The van der Waals surface area contributed by atoms with Crippen LogP contribution in [0.5, 0.6) is 0 Å². The number of thioether (sulfide) groups is 1. The first kappa shape index (κ1) is 32.6. The van der Waals surface area contributed by atoms with Crippen molar-refractivity contribution >= 4 is 75.2 Å². The number of hydrogen-bond donors (Lipinski definition) is 4. The van der Waals surface area contributed by atoms with Gasteiger partial charge in [-0.05, 0) is 39.3 Å². The molecule has 226 valence electrons. The molecule has 0 spiro atoms. The molecule has 0 saturated carbocycles. The van der Waals surface area contributed by atoms with E-state index in [0.29, 0.717) is 5.57 Å². The molecule has 42 heavy (non-hydrogen) atoms. The zero-order valence-electron chi connectivity index (χ0n) is 23.3. The summed E-state index contributed by atoms with van der Waals surface area (Å²) in [6.45, 7) is 6.16. The summed E-state index contributed by atoms with van der Waals surface area (Å²) in [5.41, 5.74) is 7.60. The van der Waals surface area contributed by atoms with Gasteiger partial charge in [0.05, 0.1) is 16.6 Å². The average molecular weight is 639 g/mol. The highest BCUT2D eigenvalue weighted by atomic mass is 32.2. The molecular formula is C25H30N6O8S3. The molecule has 0 aliphatic carbocycles. The minimum atomic E-state index is -1.53. The molecule has 2 atom stereocenters. The number of thiazole rings is 2. The van der Waals surface area contributed by atoms with Gasteiger partial charge in [-0.15, -0.1) is 34.4 Å². The third-order valence-corrected chi connectivity index (χ3v) is 8.26. The smallest absolute Gasteiger partial charge is 0.357 e. The lowest BCUT2D eigenvalue weighted by molar-refractivity contribution is -0.171. The summed E-state index contributed by atoms with van der Waals surface area (Å²) in [4.78, 5) is 64.4. The molecule has 0 aromatic carbocycles. The third kappa shape index (κ3) is 8.53. The maximum absolute atomic E-state index is 13.1. The first-order chi connectivity index (χ1) is 19.8. The number of nitrogens with one attached hydrogen (secondary N) is 2. The van der Waals surface area contributed by atoms with Crippen LogP contribution in [0.2, 0.25) is 0 Å². The molecular weight excluding hydrogens is 609 g/mol. The number of anilines is 1. The Hall–Kier alpha value is -3.96. The Morgan fingerprint density at radius 2 is 2.00 bits per heavy atom. The Balaban J connectivity index is 1.85. The minimum Gasteiger partial charge on any atom is -0.480 e. The van der Waals surface area contributed by atoms with Crippen molar-refractivity contribution in [2.24, 2.45) is 10.6 Å². The fourth-order valence-electron chi connectivity index (χ4n) is 3.27. The fourth-order valence-corrected chi connectivity index (χ4v) is 5.69. The number of carboxylic acid groups (broad SMARTS) is 1. The number of hydrogen-bond acceptors (Lipinski definition) is 15. The number of oxime groups is 1. The van der Waals surface area contributed by atoms with Gasteiger partial charge in [0.25, 0.3) is 5.91 Å². The van der Waals surface area contributed by atoms with Crippen LogP contribution in [0, 0.1) is 12.3 Å². The highest BCUT2D eigenvalue weighted by Crippen LogP contribution is 2.28. The van der Waals surface area contributed by atoms with Gasteiger partial charge in [-0.1, -0.05) is 11.2 Å². The number of allylic oxidation sites excluding steroid dienone is 1. The molecule has 14 nitrogen and oxygen atoms in total. The quantitative estimate of drug-likeness (QED) is 0.121. The number of rotatable bonds is 11. The zero-order chi connectivity index (χ0) is 31.0. The maximum Gasteiger partial charge on any atom is 0.357 e. The van der Waals surface area contributed by atoms with Gasteiger partial charge in [-0.3, -0.25) is 9.59 Å². The molecule has 3 rings (SSSR count). The van der Waals surface area contributed by atoms with Gasteiger partial charge in [0.1, 0.15) is 23.9 Å². The first-order valence-corrected chi connectivity index (χ1v) is 15.0. The lowest BCUT2D eigenvalue weighted by Gasteiger charge is -2.31. The predicted molar refractivity (Wildman–Crippen MR) is 158 cm³/mol. The van der Waals surface area contributed by atoms with Gasteiger partial charge in [-0.2, -0.15) is 0 Å². The second-order valence-electron chi connectivity index (χ2n) is 9.63. The number of amides is 1. The van der Waals surface area contributed by atoms with E-state index in [4.69, 9.17) is 20.0 Å². The van der Waals surface area contributed by atoms with Gasteiger partial charge in [0.15, 0.2) is 16.9 Å². The van der Waals surface area contributed by atoms with Crippen LogP contribution < -0.4 is 16.4 Å². The van der Waals surface area contributed by atoms with Crippen LogP contribution >= 0.6 is 34.4 Å². The van der Waals surface area contributed by atoms with Crippen molar-refractivity contribution in [3.63, 3.8) is 0 Å². The summed E-state index contributed by atoms with van der Waals surface area (Å²) in [6, 6.07) is -1.53. The number of carbonyl (C=O) groups is 4. The number of nitrogens with zero attached hydrogens (tertiary/aromatic N) is 3. The summed E-state index contributed by atoms with van der Waals surface area (Å²) >= 11 is 3.62. The van der Waals surface area contributed by atoms with Crippen LogP contribution in [0.25, 0.3) is 6.08 Å². The molecule has 0 saturated heterocycles. The van der Waals surface area contributed by atoms with Crippen LogP contribution in [0.3, 0.4) is 0 Å². The fraction of sp³-hybridized carbons (Fsp3) is 0.400. The molecule has 0 fully saturated rings. The van der Waals surface area contributed by atoms with Crippen molar-refractivity contribution in [1.29, 1.82) is 0 Å². The summed E-state index contributed by atoms with van der Waals surface area (Å²) in [7, 11) is 1.22. The van der Waals surface area contributed by atoms with Crippen LogP contribution in [0.1, 0.15) is 37.0 Å². The monoisotopic (exact) mass is 638 g/mol. The largest absolute Gasteiger partial charge is 0.480 e. The molecule has 17 heteroatoms. The number of aliphatic carboxylic acids is 1. The van der Waals surface area contributed by atoms with Crippen molar-refractivity contribution in [2.45, 2.75) is 39.1 Å². The van der Waals surface area contributed by atoms with Crippen LogP contribution in [0.4, 0.5) is 5.13 Å². The molecule has 0 radical (unpaired) electrons. The Morgan fingerprint density at radius 1 is 1.26 bits per heavy atom. The molecule has 0 bridgehead atoms. The van der Waals surface area contributed by atoms with Gasteiger partial charge in [0.2, 0.25) is 6.79 Å². The Morgan fingerprint density at radius 3 is 2.57 bits per heavy atom. The van der Waals surface area contributed by atoms with Crippen molar-refractivity contribution in [3.05, 3.63) is 44.5 Å². The molecule has 1 amide bonds. The number of aromatic nitrogens is 2. The van der Waals surface area contributed by atoms with Gasteiger partial charge in [0, 0.05) is 16.0 Å². The number of nitrogen functional groups attached to an aromatic ring is 1. The number of ether oxygens (including phenoxy) is 2. The lowest BCUT2D eigenvalue weighted by atomic mass is 9.98. The minimum absolute atomic E-state index is 0.0532. The number of nitrogens with two attached hydrogens (primary N) is 1. The molecule has 1 aliphatic rings. The highest BCUT2D eigenvalue weighted by molar-refractivity contribution is 8.00. The van der Waals surface area contributed by atoms with E-state index in [0.717, 1.165) is 33.7 Å². The second kappa shape index (κ2) is 14.3. The lowest BCUT2D eigenvalue weighted by Crippen LogP contribution is -2.56. The maximum atomic E-state index is 13.1. The first-order valence-electron chi connectivity index (χ1n) is 12.2. The predicted octanol–water partition coefficient (Wildman–Crippen LogP) is 2.13. The number of carbonyl (C=O) groups excluding carboxylic acids is 3. The summed E-state index contributed by atoms with van der Waals surface area (Å²) in [5, 5.41) is 19.6. The molecule has 1 aliphatic heterocycles. The van der Waals surface area contributed by atoms with E-state index in [1.807, 2.05) is 6.92 Å². The van der Waals surface area contributed by atoms with E-state index in [2.05, 4.69) is 25.8 Å². The van der Waals surface area contributed by atoms with E-state index in [1.54, 1.807) is 38.4 Å².